The molecule has 0 amide bonds. The highest BCUT2D eigenvalue weighted by atomic mass is 32.1. The number of thiocarbonyl (C=S) groups is 1. The van der Waals surface area contributed by atoms with Gasteiger partial charge in [-0.15, -0.1) is 6.58 Å². The molecule has 0 bridgehead atoms. The molecule has 0 atom stereocenters. The lowest BCUT2D eigenvalue weighted by atomic mass is 9.99. The van der Waals surface area contributed by atoms with E-state index in [2.05, 4.69) is 60.4 Å². The van der Waals surface area contributed by atoms with Gasteiger partial charge in [0.1, 0.15) is 0 Å². The summed E-state index contributed by atoms with van der Waals surface area (Å²) in [6, 6.07) is 32.8. The van der Waals surface area contributed by atoms with Gasteiger partial charge in [-0.05, 0) is 53.3 Å². The van der Waals surface area contributed by atoms with E-state index in [-0.39, 0.29) is 0 Å². The first kappa shape index (κ1) is 21.2. The summed E-state index contributed by atoms with van der Waals surface area (Å²) < 4.78 is 0. The van der Waals surface area contributed by atoms with E-state index in [0.717, 1.165) is 44.2 Å². The molecule has 0 radical (unpaired) electrons. The first-order valence-corrected chi connectivity index (χ1v) is 11.9. The minimum Gasteiger partial charge on any atom is -0.332 e. The molecule has 1 aromatic heterocycles. The molecule has 0 aliphatic rings. The van der Waals surface area contributed by atoms with Crippen LogP contribution in [-0.4, -0.2) is 21.6 Å². The Morgan fingerprint density at radius 3 is 1.94 bits per heavy atom. The van der Waals surface area contributed by atoms with Crippen LogP contribution in [0.2, 0.25) is 0 Å². The molecule has 0 saturated carbocycles. The molecule has 6 aromatic rings. The summed E-state index contributed by atoms with van der Waals surface area (Å²) in [6.45, 7) is 4.49. The molecule has 5 aromatic carbocycles. The molecule has 0 saturated heterocycles. The number of para-hydroxylation sites is 1. The van der Waals surface area contributed by atoms with Gasteiger partial charge in [0.25, 0.3) is 0 Å². The fourth-order valence-electron chi connectivity index (χ4n) is 4.59. The van der Waals surface area contributed by atoms with Gasteiger partial charge in [-0.1, -0.05) is 72.8 Å². The summed E-state index contributed by atoms with van der Waals surface area (Å²) in [4.78, 5) is 12.1. The molecule has 0 unspecified atom stereocenters. The van der Waals surface area contributed by atoms with Crippen molar-refractivity contribution in [2.75, 3.05) is 16.8 Å². The average Bonchev–Trinajstić information content (AvgIpc) is 2.91. The number of hydrogen-bond donors (Lipinski definition) is 1. The van der Waals surface area contributed by atoms with Crippen LogP contribution in [0.15, 0.2) is 110 Å². The number of fused-ring (bicyclic) bond motifs is 7. The number of benzene rings is 5. The molecule has 0 aliphatic heterocycles. The number of nitrogens with one attached hydrogen (secondary N) is 1. The summed E-state index contributed by atoms with van der Waals surface area (Å²) in [7, 11) is 0. The van der Waals surface area contributed by atoms with Gasteiger partial charge in [0, 0.05) is 28.7 Å². The van der Waals surface area contributed by atoms with E-state index in [9.17, 15) is 0 Å². The van der Waals surface area contributed by atoms with Gasteiger partial charge in [0.15, 0.2) is 5.11 Å². The summed E-state index contributed by atoms with van der Waals surface area (Å²) in [5.74, 6) is 0. The van der Waals surface area contributed by atoms with Crippen LogP contribution in [0, 0.1) is 0 Å². The fourth-order valence-corrected chi connectivity index (χ4v) is 4.89. The van der Waals surface area contributed by atoms with Crippen molar-refractivity contribution in [1.82, 2.24) is 9.97 Å². The Morgan fingerprint density at radius 1 is 0.743 bits per heavy atom. The van der Waals surface area contributed by atoms with Crippen molar-refractivity contribution in [1.29, 1.82) is 0 Å². The van der Waals surface area contributed by atoms with E-state index < -0.39 is 0 Å². The molecule has 35 heavy (non-hydrogen) atoms. The fraction of sp³-hybridized carbons (Fsp3) is 0.0333. The molecular formula is C30H22N4S. The number of aromatic nitrogens is 2. The van der Waals surface area contributed by atoms with Crippen molar-refractivity contribution in [3.8, 4) is 0 Å². The number of anilines is 2. The molecule has 0 fully saturated rings. The van der Waals surface area contributed by atoms with Gasteiger partial charge in [0.05, 0.1) is 22.1 Å². The zero-order chi connectivity index (χ0) is 23.8. The monoisotopic (exact) mass is 470 g/mol. The van der Waals surface area contributed by atoms with Crippen molar-refractivity contribution in [2.45, 2.75) is 0 Å². The van der Waals surface area contributed by atoms with Crippen LogP contribution < -0.4 is 10.2 Å². The number of nitrogens with zero attached hydrogens (tertiary/aromatic N) is 3. The van der Waals surface area contributed by atoms with Crippen LogP contribution in [-0.2, 0) is 0 Å². The molecule has 4 nitrogen and oxygen atoms in total. The lowest BCUT2D eigenvalue weighted by Crippen LogP contribution is -2.34. The van der Waals surface area contributed by atoms with Gasteiger partial charge in [0.2, 0.25) is 0 Å². The van der Waals surface area contributed by atoms with Gasteiger partial charge < -0.3 is 10.2 Å². The van der Waals surface area contributed by atoms with Crippen molar-refractivity contribution >= 4 is 72.3 Å². The highest BCUT2D eigenvalue weighted by molar-refractivity contribution is 7.80. The Balaban J connectivity index is 1.46. The Labute approximate surface area is 208 Å². The minimum absolute atomic E-state index is 0.598. The SMILES string of the molecule is C=CCN(C(=S)Nc1ccc2nc3c4ccccc4c4ccccc4c3nc2c1)c1ccccc1. The molecule has 1 N–H and O–H groups in total. The van der Waals surface area contributed by atoms with Gasteiger partial charge >= 0.3 is 0 Å². The minimum atomic E-state index is 0.598. The van der Waals surface area contributed by atoms with Crippen molar-refractivity contribution < 1.29 is 0 Å². The van der Waals surface area contributed by atoms with Crippen molar-refractivity contribution in [3.05, 3.63) is 110 Å². The van der Waals surface area contributed by atoms with E-state index in [0.29, 0.717) is 11.7 Å². The quantitative estimate of drug-likeness (QED) is 0.125. The lowest BCUT2D eigenvalue weighted by molar-refractivity contribution is 1.15. The summed E-state index contributed by atoms with van der Waals surface area (Å²) in [6.07, 6.45) is 1.84. The standard InChI is InChI=1S/C30H22N4S/c1-2-18-34(21-10-4-3-5-11-21)30(35)31-20-16-17-26-27(19-20)33-29-25-15-9-7-13-23(25)22-12-6-8-14-24(22)28(29)32-26/h2-17,19H,1,18H2,(H,31,35). The molecule has 0 aliphatic carbocycles. The Bertz CT molecular complexity index is 1740. The van der Waals surface area contributed by atoms with E-state index in [1.165, 1.54) is 10.8 Å². The summed E-state index contributed by atoms with van der Waals surface area (Å²) in [5, 5.41) is 8.56. The van der Waals surface area contributed by atoms with Crippen LogP contribution in [0.3, 0.4) is 0 Å². The average molecular weight is 471 g/mol. The van der Waals surface area contributed by atoms with Crippen molar-refractivity contribution in [2.24, 2.45) is 0 Å². The van der Waals surface area contributed by atoms with Gasteiger partial charge in [-0.2, -0.15) is 0 Å². The lowest BCUT2D eigenvalue weighted by Gasteiger charge is -2.24. The molecule has 6 rings (SSSR count). The second-order valence-electron chi connectivity index (χ2n) is 8.38. The van der Waals surface area contributed by atoms with Crippen molar-refractivity contribution in [3.63, 3.8) is 0 Å². The van der Waals surface area contributed by atoms with Gasteiger partial charge in [-0.3, -0.25) is 0 Å². The number of rotatable bonds is 4. The predicted molar refractivity (Wildman–Crippen MR) is 152 cm³/mol. The number of hydrogen-bond acceptors (Lipinski definition) is 3. The summed E-state index contributed by atoms with van der Waals surface area (Å²) >= 11 is 5.75. The highest BCUT2D eigenvalue weighted by Gasteiger charge is 2.14. The van der Waals surface area contributed by atoms with Crippen LogP contribution in [0.1, 0.15) is 0 Å². The van der Waals surface area contributed by atoms with E-state index >= 15 is 0 Å². The zero-order valence-electron chi connectivity index (χ0n) is 19.0. The maximum atomic E-state index is 5.75. The third kappa shape index (κ3) is 3.76. The zero-order valence-corrected chi connectivity index (χ0v) is 19.8. The molecule has 168 valence electrons. The Hall–Kier alpha value is -4.35. The third-order valence-electron chi connectivity index (χ3n) is 6.19. The molecule has 0 spiro atoms. The smallest absolute Gasteiger partial charge is 0.178 e. The normalized spacial score (nSPS) is 11.2. The van der Waals surface area contributed by atoms with Crippen LogP contribution in [0.5, 0.6) is 0 Å². The Kier molecular flexibility index (Phi) is 5.32. The van der Waals surface area contributed by atoms with E-state index in [1.807, 2.05) is 59.5 Å². The Morgan fingerprint density at radius 2 is 1.31 bits per heavy atom. The maximum Gasteiger partial charge on any atom is 0.178 e. The molecule has 5 heteroatoms. The second-order valence-corrected chi connectivity index (χ2v) is 8.77. The van der Waals surface area contributed by atoms with E-state index in [1.54, 1.807) is 0 Å². The van der Waals surface area contributed by atoms with Crippen LogP contribution in [0.4, 0.5) is 11.4 Å². The highest BCUT2D eigenvalue weighted by Crippen LogP contribution is 2.34. The van der Waals surface area contributed by atoms with Crippen LogP contribution in [0.25, 0.3) is 43.6 Å². The van der Waals surface area contributed by atoms with Gasteiger partial charge in [-0.25, -0.2) is 9.97 Å². The molecular weight excluding hydrogens is 448 g/mol. The third-order valence-corrected chi connectivity index (χ3v) is 6.52. The summed E-state index contributed by atoms with van der Waals surface area (Å²) in [5.41, 5.74) is 5.37. The first-order valence-electron chi connectivity index (χ1n) is 11.5. The van der Waals surface area contributed by atoms with E-state index in [4.69, 9.17) is 22.2 Å². The predicted octanol–water partition coefficient (Wildman–Crippen LogP) is 7.48. The largest absolute Gasteiger partial charge is 0.332 e. The maximum absolute atomic E-state index is 5.75. The second kappa shape index (κ2) is 8.78. The topological polar surface area (TPSA) is 41.0 Å². The van der Waals surface area contributed by atoms with Crippen LogP contribution >= 0.6 is 12.2 Å². The molecule has 1 heterocycles. The first-order chi connectivity index (χ1) is 17.2.